The number of carbonyl (C=O) groups is 1. The zero-order valence-electron chi connectivity index (χ0n) is 17.2. The van der Waals surface area contributed by atoms with Gasteiger partial charge in [-0.1, -0.05) is 6.07 Å². The van der Waals surface area contributed by atoms with Gasteiger partial charge in [-0.2, -0.15) is 18.3 Å². The summed E-state index contributed by atoms with van der Waals surface area (Å²) in [6, 6.07) is 5.23. The summed E-state index contributed by atoms with van der Waals surface area (Å²) >= 11 is 0. The van der Waals surface area contributed by atoms with Crippen LogP contribution in [-0.4, -0.2) is 43.0 Å². The van der Waals surface area contributed by atoms with Gasteiger partial charge in [0.15, 0.2) is 15.7 Å². The first kappa shape index (κ1) is 22.4. The second-order valence-electron chi connectivity index (χ2n) is 8.29. The molecule has 174 valence electrons. The van der Waals surface area contributed by atoms with Gasteiger partial charge >= 0.3 is 12.3 Å². The number of hydrogen-bond acceptors (Lipinski definition) is 6. The Bertz CT molecular complexity index is 1120. The molecule has 32 heavy (non-hydrogen) atoms. The number of sulfone groups is 1. The van der Waals surface area contributed by atoms with Crippen molar-refractivity contribution in [1.82, 2.24) is 15.5 Å². The molecule has 0 unspecified atom stereocenters. The van der Waals surface area contributed by atoms with Gasteiger partial charge in [0.05, 0.1) is 11.5 Å². The first-order chi connectivity index (χ1) is 15.0. The Labute approximate surface area is 182 Å². The fourth-order valence-corrected chi connectivity index (χ4v) is 5.64. The third kappa shape index (κ3) is 5.17. The number of aromatic nitrogens is 2. The predicted octanol–water partition coefficient (Wildman–Crippen LogP) is 3.89. The van der Waals surface area contributed by atoms with Crippen molar-refractivity contribution in [1.29, 1.82) is 0 Å². The lowest BCUT2D eigenvalue weighted by Crippen LogP contribution is -2.44. The average molecular weight is 472 g/mol. The Morgan fingerprint density at radius 3 is 2.72 bits per heavy atom. The normalized spacial score (nSPS) is 22.9. The van der Waals surface area contributed by atoms with Crippen LogP contribution in [-0.2, 0) is 26.1 Å². The molecule has 1 saturated carbocycles. The molecule has 0 bridgehead atoms. The standard InChI is InChI=1S/C20H23F3N4O4S/c1-11(20(21,22)23)24-19(28)31-16-5-3-12(7-16)17-8-18(27-26-17)25-15-4-2-13-9-32(29,30)10-14(13)6-15/h2,4,6,8,11-12,16H,3,5,7,9-10H2,1H3,(H,24,28)(H2,25,26,27)/t11-,12+,16-/m1/s1. The molecule has 1 aromatic carbocycles. The zero-order chi connectivity index (χ0) is 23.1. The minimum Gasteiger partial charge on any atom is -0.446 e. The fraction of sp³-hybridized carbons (Fsp3) is 0.500. The van der Waals surface area contributed by atoms with E-state index in [-0.39, 0.29) is 17.4 Å². The first-order valence-electron chi connectivity index (χ1n) is 10.2. The summed E-state index contributed by atoms with van der Waals surface area (Å²) in [7, 11) is -3.08. The highest BCUT2D eigenvalue weighted by molar-refractivity contribution is 7.90. The number of benzene rings is 1. The van der Waals surface area contributed by atoms with Crippen LogP contribution in [0.5, 0.6) is 0 Å². The van der Waals surface area contributed by atoms with E-state index < -0.39 is 34.3 Å². The number of alkyl halides is 3. The number of anilines is 2. The molecule has 4 rings (SSSR count). The Morgan fingerprint density at radius 1 is 1.22 bits per heavy atom. The average Bonchev–Trinajstić information content (AvgIpc) is 3.38. The predicted molar refractivity (Wildman–Crippen MR) is 110 cm³/mol. The van der Waals surface area contributed by atoms with Crippen molar-refractivity contribution in [3.05, 3.63) is 41.1 Å². The molecule has 0 spiro atoms. The number of aromatic amines is 1. The van der Waals surface area contributed by atoms with E-state index in [2.05, 4.69) is 15.5 Å². The number of amides is 1. The maximum Gasteiger partial charge on any atom is 0.408 e. The van der Waals surface area contributed by atoms with Gasteiger partial charge in [-0.3, -0.25) is 5.10 Å². The smallest absolute Gasteiger partial charge is 0.408 e. The summed E-state index contributed by atoms with van der Waals surface area (Å²) in [5.74, 6) is 0.679. The van der Waals surface area contributed by atoms with E-state index >= 15 is 0 Å². The SMILES string of the molecule is C[C@@H](NC(=O)O[C@@H]1CC[C@H](c2cc(Nc3ccc4c(c3)CS(=O)(=O)C4)n[nH]2)C1)C(F)(F)F. The van der Waals surface area contributed by atoms with Crippen LogP contribution in [0.2, 0.25) is 0 Å². The van der Waals surface area contributed by atoms with Crippen molar-refractivity contribution in [3.8, 4) is 0 Å². The van der Waals surface area contributed by atoms with E-state index in [4.69, 9.17) is 4.74 Å². The second-order valence-corrected chi connectivity index (χ2v) is 10.4. The zero-order valence-corrected chi connectivity index (χ0v) is 18.0. The molecule has 8 nitrogen and oxygen atoms in total. The third-order valence-electron chi connectivity index (χ3n) is 5.75. The molecular weight excluding hydrogens is 449 g/mol. The van der Waals surface area contributed by atoms with E-state index in [0.717, 1.165) is 29.4 Å². The largest absolute Gasteiger partial charge is 0.446 e. The molecule has 0 radical (unpaired) electrons. The monoisotopic (exact) mass is 472 g/mol. The van der Waals surface area contributed by atoms with Crippen molar-refractivity contribution in [2.45, 2.75) is 61.9 Å². The number of rotatable bonds is 5. The number of alkyl carbamates (subject to hydrolysis) is 1. The number of H-pyrrole nitrogens is 1. The van der Waals surface area contributed by atoms with Crippen LogP contribution in [0.1, 0.15) is 48.9 Å². The van der Waals surface area contributed by atoms with Gasteiger partial charge in [0, 0.05) is 23.4 Å². The number of halogens is 3. The van der Waals surface area contributed by atoms with Crippen LogP contribution in [0.25, 0.3) is 0 Å². The molecule has 3 atom stereocenters. The molecule has 12 heteroatoms. The van der Waals surface area contributed by atoms with Crippen molar-refractivity contribution < 1.29 is 31.1 Å². The van der Waals surface area contributed by atoms with E-state index in [1.54, 1.807) is 23.5 Å². The van der Waals surface area contributed by atoms with E-state index in [9.17, 15) is 26.4 Å². The van der Waals surface area contributed by atoms with Gasteiger partial charge < -0.3 is 15.4 Å². The molecule has 0 saturated heterocycles. The van der Waals surface area contributed by atoms with E-state index in [1.165, 1.54) is 0 Å². The molecule has 1 aliphatic heterocycles. The van der Waals surface area contributed by atoms with Crippen molar-refractivity contribution >= 4 is 27.4 Å². The highest BCUT2D eigenvalue weighted by Gasteiger charge is 2.38. The van der Waals surface area contributed by atoms with Crippen LogP contribution in [0.15, 0.2) is 24.3 Å². The molecule has 1 amide bonds. The molecule has 2 aliphatic rings. The molecule has 1 aromatic heterocycles. The number of carbonyl (C=O) groups excluding carboxylic acids is 1. The highest BCUT2D eigenvalue weighted by atomic mass is 32.2. The second kappa shape index (κ2) is 8.30. The molecule has 1 fully saturated rings. The van der Waals surface area contributed by atoms with Gasteiger partial charge in [-0.25, -0.2) is 13.2 Å². The van der Waals surface area contributed by atoms with E-state index in [1.807, 2.05) is 6.07 Å². The van der Waals surface area contributed by atoms with Crippen molar-refractivity contribution in [2.75, 3.05) is 5.32 Å². The Morgan fingerprint density at radius 2 is 1.97 bits per heavy atom. The maximum absolute atomic E-state index is 12.6. The lowest BCUT2D eigenvalue weighted by atomic mass is 10.0. The van der Waals surface area contributed by atoms with Crippen LogP contribution in [0, 0.1) is 0 Å². The third-order valence-corrected chi connectivity index (χ3v) is 7.25. The summed E-state index contributed by atoms with van der Waals surface area (Å²) in [5.41, 5.74) is 3.14. The Kier molecular flexibility index (Phi) is 5.82. The molecule has 1 aliphatic carbocycles. The van der Waals surface area contributed by atoms with Gasteiger partial charge in [-0.15, -0.1) is 0 Å². The Hall–Kier alpha value is -2.76. The maximum atomic E-state index is 12.6. The fourth-order valence-electron chi connectivity index (χ4n) is 4.04. The van der Waals surface area contributed by atoms with Crippen LogP contribution < -0.4 is 10.6 Å². The summed E-state index contributed by atoms with van der Waals surface area (Å²) in [6.07, 6.45) is -4.36. The van der Waals surface area contributed by atoms with Gasteiger partial charge in [-0.05, 0) is 49.4 Å². The quantitative estimate of drug-likeness (QED) is 0.609. The number of hydrogen-bond donors (Lipinski definition) is 3. The van der Waals surface area contributed by atoms with Crippen LogP contribution in [0.4, 0.5) is 29.5 Å². The molecule has 3 N–H and O–H groups in total. The lowest BCUT2D eigenvalue weighted by Gasteiger charge is -2.19. The summed E-state index contributed by atoms with van der Waals surface area (Å²) in [6.45, 7) is 0.859. The van der Waals surface area contributed by atoms with Gasteiger partial charge in [0.1, 0.15) is 12.1 Å². The number of fused-ring (bicyclic) bond motifs is 1. The van der Waals surface area contributed by atoms with Crippen LogP contribution in [0.3, 0.4) is 0 Å². The molecule has 2 aromatic rings. The number of nitrogens with one attached hydrogen (secondary N) is 3. The summed E-state index contributed by atoms with van der Waals surface area (Å²) in [5, 5.41) is 12.1. The lowest BCUT2D eigenvalue weighted by molar-refractivity contribution is -0.150. The van der Waals surface area contributed by atoms with Crippen molar-refractivity contribution in [2.24, 2.45) is 0 Å². The summed E-state index contributed by atoms with van der Waals surface area (Å²) < 4.78 is 66.3. The van der Waals surface area contributed by atoms with Crippen LogP contribution >= 0.6 is 0 Å². The topological polar surface area (TPSA) is 113 Å². The highest BCUT2D eigenvalue weighted by Crippen LogP contribution is 2.36. The number of nitrogens with zero attached hydrogens (tertiary/aromatic N) is 1. The molecule has 2 heterocycles. The van der Waals surface area contributed by atoms with Crippen molar-refractivity contribution in [3.63, 3.8) is 0 Å². The minimum atomic E-state index is -4.52. The first-order valence-corrected chi connectivity index (χ1v) is 12.0. The minimum absolute atomic E-state index is 0.0288. The number of ether oxygens (including phenoxy) is 1. The van der Waals surface area contributed by atoms with Gasteiger partial charge in [0.25, 0.3) is 0 Å². The Balaban J connectivity index is 1.32. The molecular formula is C20H23F3N4O4S. The summed E-state index contributed by atoms with van der Waals surface area (Å²) in [4.78, 5) is 11.7. The van der Waals surface area contributed by atoms with E-state index in [0.29, 0.717) is 25.1 Å². The van der Waals surface area contributed by atoms with Gasteiger partial charge in [0.2, 0.25) is 0 Å².